The van der Waals surface area contributed by atoms with Gasteiger partial charge in [-0.2, -0.15) is 0 Å². The predicted octanol–water partition coefficient (Wildman–Crippen LogP) is 4.58. The minimum atomic E-state index is -0.0412. The zero-order valence-electron chi connectivity index (χ0n) is 14.6. The monoisotopic (exact) mass is 314 g/mol. The van der Waals surface area contributed by atoms with Crippen LogP contribution in [0.15, 0.2) is 12.2 Å². The summed E-state index contributed by atoms with van der Waals surface area (Å²) in [6, 6.07) is 0. The molecule has 2 nitrogen and oxygen atoms in total. The van der Waals surface area contributed by atoms with Crippen LogP contribution in [0.2, 0.25) is 0 Å². The number of allylic oxidation sites excluding steroid dienone is 1. The Morgan fingerprint density at radius 3 is 2.61 bits per heavy atom. The van der Waals surface area contributed by atoms with Crippen LogP contribution in [0.4, 0.5) is 0 Å². The largest absolute Gasteiger partial charge is 0.299 e. The molecule has 4 saturated carbocycles. The van der Waals surface area contributed by atoms with Gasteiger partial charge in [-0.1, -0.05) is 20.4 Å². The van der Waals surface area contributed by atoms with E-state index in [1.165, 1.54) is 12.8 Å². The summed E-state index contributed by atoms with van der Waals surface area (Å²) < 4.78 is 0. The van der Waals surface area contributed by atoms with Gasteiger partial charge in [0.1, 0.15) is 5.78 Å². The summed E-state index contributed by atoms with van der Waals surface area (Å²) in [5.41, 5.74) is 0.865. The molecule has 23 heavy (non-hydrogen) atoms. The van der Waals surface area contributed by atoms with Crippen molar-refractivity contribution in [3.05, 3.63) is 12.2 Å². The smallest absolute Gasteiger partial charge is 0.161 e. The highest BCUT2D eigenvalue weighted by atomic mass is 16.1. The molecule has 4 fully saturated rings. The van der Waals surface area contributed by atoms with Crippen molar-refractivity contribution in [3.8, 4) is 0 Å². The molecular weight excluding hydrogens is 284 g/mol. The van der Waals surface area contributed by atoms with Gasteiger partial charge in [-0.25, -0.2) is 0 Å². The minimum Gasteiger partial charge on any atom is -0.299 e. The van der Waals surface area contributed by atoms with Crippen LogP contribution < -0.4 is 0 Å². The normalized spacial score (nSPS) is 49.6. The number of hydrogen-bond donors (Lipinski definition) is 0. The van der Waals surface area contributed by atoms with Crippen LogP contribution >= 0.6 is 0 Å². The minimum absolute atomic E-state index is 0.0412. The predicted molar refractivity (Wildman–Crippen MR) is 90.8 cm³/mol. The third-order valence-corrected chi connectivity index (χ3v) is 8.27. The first-order chi connectivity index (χ1) is 11.0. The van der Waals surface area contributed by atoms with E-state index in [4.69, 9.17) is 0 Å². The van der Waals surface area contributed by atoms with Crippen molar-refractivity contribution >= 4 is 11.6 Å². The van der Waals surface area contributed by atoms with Gasteiger partial charge in [-0.15, -0.1) is 0 Å². The van der Waals surface area contributed by atoms with Crippen molar-refractivity contribution in [2.24, 2.45) is 40.9 Å². The van der Waals surface area contributed by atoms with Crippen LogP contribution in [-0.4, -0.2) is 11.6 Å². The van der Waals surface area contributed by atoms with Crippen LogP contribution in [0, 0.1) is 40.9 Å². The molecule has 0 radical (unpaired) electrons. The first-order valence-corrected chi connectivity index (χ1v) is 9.73. The SMILES string of the molecule is C=C1C(=O)C2CC[C@@H]3[C@H](CC[C@]4(C)C(=O)CC[C@@H]34)[C@H]2CC1CC. The molecule has 126 valence electrons. The van der Waals surface area contributed by atoms with Gasteiger partial charge in [-0.3, -0.25) is 9.59 Å². The van der Waals surface area contributed by atoms with E-state index in [2.05, 4.69) is 20.4 Å². The van der Waals surface area contributed by atoms with E-state index < -0.39 is 0 Å². The molecule has 0 spiro atoms. The Balaban J connectivity index is 1.62. The number of carbonyl (C=O) groups is 2. The average Bonchev–Trinajstić information content (AvgIpc) is 2.86. The summed E-state index contributed by atoms with van der Waals surface area (Å²) in [5.74, 6) is 4.08. The van der Waals surface area contributed by atoms with E-state index >= 15 is 0 Å². The van der Waals surface area contributed by atoms with Crippen molar-refractivity contribution in [2.45, 2.75) is 65.2 Å². The van der Waals surface area contributed by atoms with Crippen molar-refractivity contribution < 1.29 is 9.59 Å². The van der Waals surface area contributed by atoms with E-state index in [-0.39, 0.29) is 11.3 Å². The summed E-state index contributed by atoms with van der Waals surface area (Å²) in [7, 11) is 0. The zero-order valence-corrected chi connectivity index (χ0v) is 14.6. The second-order valence-corrected chi connectivity index (χ2v) is 8.93. The molecule has 7 atom stereocenters. The Morgan fingerprint density at radius 1 is 1.09 bits per heavy atom. The summed E-state index contributed by atoms with van der Waals surface area (Å²) in [5, 5.41) is 0. The molecule has 4 aliphatic carbocycles. The number of ketones is 2. The van der Waals surface area contributed by atoms with Crippen LogP contribution in [0.25, 0.3) is 0 Å². The summed E-state index contributed by atoms with van der Waals surface area (Å²) in [4.78, 5) is 25.2. The van der Waals surface area contributed by atoms with Crippen LogP contribution in [0.3, 0.4) is 0 Å². The molecule has 4 aliphatic rings. The second-order valence-electron chi connectivity index (χ2n) is 8.93. The fourth-order valence-corrected chi connectivity index (χ4v) is 6.91. The van der Waals surface area contributed by atoms with Gasteiger partial charge in [0.05, 0.1) is 0 Å². The molecule has 2 unspecified atom stereocenters. The molecule has 0 bridgehead atoms. The lowest BCUT2D eigenvalue weighted by Gasteiger charge is -2.54. The van der Waals surface area contributed by atoms with Crippen LogP contribution in [0.5, 0.6) is 0 Å². The highest BCUT2D eigenvalue weighted by molar-refractivity contribution is 5.98. The van der Waals surface area contributed by atoms with Gasteiger partial charge >= 0.3 is 0 Å². The maximum atomic E-state index is 12.8. The summed E-state index contributed by atoms with van der Waals surface area (Å²) in [6.07, 6.45) is 8.55. The molecule has 0 saturated heterocycles. The molecule has 2 heteroatoms. The van der Waals surface area contributed by atoms with E-state index in [9.17, 15) is 9.59 Å². The molecular formula is C21H30O2. The summed E-state index contributed by atoms with van der Waals surface area (Å²) >= 11 is 0. The molecule has 0 aliphatic heterocycles. The van der Waals surface area contributed by atoms with Gasteiger partial charge < -0.3 is 0 Å². The number of carbonyl (C=O) groups excluding carboxylic acids is 2. The van der Waals surface area contributed by atoms with Crippen LogP contribution in [-0.2, 0) is 9.59 Å². The lowest BCUT2D eigenvalue weighted by atomic mass is 9.49. The van der Waals surface area contributed by atoms with Crippen molar-refractivity contribution in [1.82, 2.24) is 0 Å². The lowest BCUT2D eigenvalue weighted by molar-refractivity contribution is -0.138. The quantitative estimate of drug-likeness (QED) is 0.664. The second kappa shape index (κ2) is 5.29. The Bertz CT molecular complexity index is 562. The van der Waals surface area contributed by atoms with Gasteiger partial charge in [0.15, 0.2) is 5.78 Å². The lowest BCUT2D eigenvalue weighted by Crippen LogP contribution is -2.51. The maximum absolute atomic E-state index is 12.8. The Hall–Kier alpha value is -0.920. The number of rotatable bonds is 1. The number of hydrogen-bond acceptors (Lipinski definition) is 2. The van der Waals surface area contributed by atoms with Crippen LogP contribution in [0.1, 0.15) is 65.2 Å². The maximum Gasteiger partial charge on any atom is 0.161 e. The Kier molecular flexibility index (Phi) is 3.59. The Morgan fingerprint density at radius 2 is 1.87 bits per heavy atom. The third kappa shape index (κ3) is 2.06. The highest BCUT2D eigenvalue weighted by Gasteiger charge is 2.58. The van der Waals surface area contributed by atoms with Crippen molar-refractivity contribution in [1.29, 1.82) is 0 Å². The number of Topliss-reactive ketones (excluding diaryl/α,β-unsaturated/α-hetero) is 2. The van der Waals surface area contributed by atoms with Crippen molar-refractivity contribution in [2.75, 3.05) is 0 Å². The molecule has 0 heterocycles. The molecule has 0 aromatic rings. The first-order valence-electron chi connectivity index (χ1n) is 9.73. The molecule has 0 N–H and O–H groups in total. The highest BCUT2D eigenvalue weighted by Crippen LogP contribution is 2.61. The topological polar surface area (TPSA) is 34.1 Å². The number of fused-ring (bicyclic) bond motifs is 5. The zero-order chi connectivity index (χ0) is 16.4. The molecule has 4 rings (SSSR count). The van der Waals surface area contributed by atoms with Crippen molar-refractivity contribution in [3.63, 3.8) is 0 Å². The fraction of sp³-hybridized carbons (Fsp3) is 0.810. The average molecular weight is 314 g/mol. The molecule has 0 aromatic heterocycles. The van der Waals surface area contributed by atoms with E-state index in [0.717, 1.165) is 44.1 Å². The van der Waals surface area contributed by atoms with Gasteiger partial charge in [0.2, 0.25) is 0 Å². The fourth-order valence-electron chi connectivity index (χ4n) is 6.91. The molecule has 0 amide bonds. The van der Waals surface area contributed by atoms with Gasteiger partial charge in [0.25, 0.3) is 0 Å². The van der Waals surface area contributed by atoms with E-state index in [0.29, 0.717) is 41.2 Å². The van der Waals surface area contributed by atoms with E-state index in [1.807, 2.05) is 0 Å². The van der Waals surface area contributed by atoms with Gasteiger partial charge in [0, 0.05) is 17.8 Å². The summed E-state index contributed by atoms with van der Waals surface area (Å²) in [6.45, 7) is 8.55. The van der Waals surface area contributed by atoms with Gasteiger partial charge in [-0.05, 0) is 80.1 Å². The molecule has 0 aromatic carbocycles. The van der Waals surface area contributed by atoms with E-state index in [1.54, 1.807) is 0 Å². The first kappa shape index (κ1) is 15.6. The Labute approximate surface area is 140 Å². The third-order valence-electron chi connectivity index (χ3n) is 8.27. The standard InChI is InChI=1S/C21H30O2/c1-4-13-11-17-14-9-10-21(3)18(7-8-19(21)22)15(14)5-6-16(17)20(23)12(13)2/h13-18H,2,4-11H2,1,3H3/t13?,14-,15+,16?,17+,18-,21-/m0/s1.